The van der Waals surface area contributed by atoms with Crippen LogP contribution in [0.1, 0.15) is 32.0 Å². The van der Waals surface area contributed by atoms with E-state index >= 15 is 0 Å². The zero-order valence-electron chi connectivity index (χ0n) is 16.0. The lowest BCUT2D eigenvalue weighted by Gasteiger charge is -2.23. The van der Waals surface area contributed by atoms with E-state index in [-0.39, 0.29) is 17.9 Å². The molecule has 0 saturated carbocycles. The molecular formula is C20H23ClN4O3. The minimum atomic E-state index is -1.24. The van der Waals surface area contributed by atoms with Gasteiger partial charge in [-0.3, -0.25) is 14.6 Å². The van der Waals surface area contributed by atoms with Crippen LogP contribution in [0.3, 0.4) is 0 Å². The molecule has 0 atom stereocenters. The van der Waals surface area contributed by atoms with Crippen molar-refractivity contribution in [3.63, 3.8) is 0 Å². The van der Waals surface area contributed by atoms with Gasteiger partial charge in [0.15, 0.2) is 0 Å². The average Bonchev–Trinajstić information content (AvgIpc) is 2.60. The van der Waals surface area contributed by atoms with E-state index in [0.717, 1.165) is 5.56 Å². The number of carbonyl (C=O) groups is 2. The Hall–Kier alpha value is -3.06. The van der Waals surface area contributed by atoms with Gasteiger partial charge in [0.1, 0.15) is 17.9 Å². The first-order valence-electron chi connectivity index (χ1n) is 8.53. The van der Waals surface area contributed by atoms with Gasteiger partial charge in [-0.25, -0.2) is 0 Å². The molecule has 1 aromatic carbocycles. The molecule has 0 aliphatic rings. The lowest BCUT2D eigenvalue weighted by Crippen LogP contribution is -2.53. The fraction of sp³-hybridized carbons (Fsp3) is 0.250. The standard InChI is InChI=1S/C20H23ClN4O3/c1-12(22)17(18(26)25-20(2,3)19(23)27)16-10-14(8-9-24-16)28-11-13-6-4-5-7-15(13)21/h4-10H,11,22H2,1-3H3,(H2,23,27)(H,25,26)/b17-12+. The maximum Gasteiger partial charge on any atom is 0.256 e. The molecule has 0 radical (unpaired) electrons. The number of aromatic nitrogens is 1. The van der Waals surface area contributed by atoms with Gasteiger partial charge in [-0.15, -0.1) is 0 Å². The number of allylic oxidation sites excluding steroid dienone is 1. The van der Waals surface area contributed by atoms with E-state index in [9.17, 15) is 9.59 Å². The molecule has 7 nitrogen and oxygen atoms in total. The van der Waals surface area contributed by atoms with Crippen LogP contribution in [0.5, 0.6) is 5.75 Å². The molecule has 0 fully saturated rings. The normalized spacial score (nSPS) is 12.1. The van der Waals surface area contributed by atoms with Crippen LogP contribution < -0.4 is 21.5 Å². The lowest BCUT2D eigenvalue weighted by atomic mass is 10.0. The summed E-state index contributed by atoms with van der Waals surface area (Å²) < 4.78 is 5.77. The number of benzene rings is 1. The smallest absolute Gasteiger partial charge is 0.256 e. The number of primary amides is 1. The number of pyridine rings is 1. The van der Waals surface area contributed by atoms with Gasteiger partial charge in [-0.2, -0.15) is 0 Å². The summed E-state index contributed by atoms with van der Waals surface area (Å²) in [7, 11) is 0. The van der Waals surface area contributed by atoms with Crippen molar-refractivity contribution in [3.05, 3.63) is 64.6 Å². The van der Waals surface area contributed by atoms with Gasteiger partial charge in [-0.1, -0.05) is 29.8 Å². The largest absolute Gasteiger partial charge is 0.489 e. The second kappa shape index (κ2) is 8.75. The van der Waals surface area contributed by atoms with Crippen LogP contribution in [0.4, 0.5) is 0 Å². The molecule has 0 aliphatic carbocycles. The highest BCUT2D eigenvalue weighted by molar-refractivity contribution is 6.31. The number of rotatable bonds is 7. The Morgan fingerprint density at radius 2 is 1.89 bits per heavy atom. The van der Waals surface area contributed by atoms with Gasteiger partial charge in [0.2, 0.25) is 5.91 Å². The van der Waals surface area contributed by atoms with Crippen molar-refractivity contribution in [1.82, 2.24) is 10.3 Å². The number of ether oxygens (including phenoxy) is 1. The highest BCUT2D eigenvalue weighted by Gasteiger charge is 2.29. The Labute approximate surface area is 168 Å². The van der Waals surface area contributed by atoms with Crippen molar-refractivity contribution in [2.24, 2.45) is 11.5 Å². The number of nitrogens with two attached hydrogens (primary N) is 2. The summed E-state index contributed by atoms with van der Waals surface area (Å²) >= 11 is 6.14. The molecule has 2 aromatic rings. The van der Waals surface area contributed by atoms with Crippen molar-refractivity contribution in [3.8, 4) is 5.75 Å². The van der Waals surface area contributed by atoms with Crippen molar-refractivity contribution in [2.45, 2.75) is 32.9 Å². The molecule has 2 amide bonds. The van der Waals surface area contributed by atoms with Crippen LogP contribution in [-0.2, 0) is 16.2 Å². The Morgan fingerprint density at radius 3 is 2.50 bits per heavy atom. The van der Waals surface area contributed by atoms with E-state index in [1.807, 2.05) is 18.2 Å². The maximum absolute atomic E-state index is 12.7. The predicted molar refractivity (Wildman–Crippen MR) is 108 cm³/mol. The van der Waals surface area contributed by atoms with E-state index in [1.165, 1.54) is 20.0 Å². The van der Waals surface area contributed by atoms with Gasteiger partial charge < -0.3 is 21.5 Å². The minimum absolute atomic E-state index is 0.137. The first-order valence-corrected chi connectivity index (χ1v) is 8.91. The number of nitrogens with zero attached hydrogens (tertiary/aromatic N) is 1. The minimum Gasteiger partial charge on any atom is -0.489 e. The number of nitrogens with one attached hydrogen (secondary N) is 1. The molecule has 2 rings (SSSR count). The fourth-order valence-electron chi connectivity index (χ4n) is 2.32. The molecule has 0 spiro atoms. The number of amides is 2. The van der Waals surface area contributed by atoms with E-state index in [1.54, 1.807) is 25.1 Å². The topological polar surface area (TPSA) is 120 Å². The van der Waals surface area contributed by atoms with Crippen LogP contribution in [0.25, 0.3) is 5.57 Å². The van der Waals surface area contributed by atoms with E-state index in [2.05, 4.69) is 10.3 Å². The Bertz CT molecular complexity index is 921. The van der Waals surface area contributed by atoms with E-state index in [4.69, 9.17) is 27.8 Å². The fourth-order valence-corrected chi connectivity index (χ4v) is 2.51. The molecule has 0 aliphatic heterocycles. The van der Waals surface area contributed by atoms with Gasteiger partial charge in [0.25, 0.3) is 5.91 Å². The zero-order chi connectivity index (χ0) is 20.9. The highest BCUT2D eigenvalue weighted by Crippen LogP contribution is 2.23. The van der Waals surface area contributed by atoms with Crippen molar-refractivity contribution < 1.29 is 14.3 Å². The highest BCUT2D eigenvalue weighted by atomic mass is 35.5. The van der Waals surface area contributed by atoms with Crippen LogP contribution in [-0.4, -0.2) is 22.3 Å². The number of hydrogen-bond donors (Lipinski definition) is 3. The summed E-state index contributed by atoms with van der Waals surface area (Å²) in [6, 6.07) is 10.6. The zero-order valence-corrected chi connectivity index (χ0v) is 16.7. The monoisotopic (exact) mass is 402 g/mol. The van der Waals surface area contributed by atoms with Crippen LogP contribution in [0.2, 0.25) is 5.02 Å². The third kappa shape index (κ3) is 5.23. The summed E-state index contributed by atoms with van der Waals surface area (Å²) in [5.74, 6) is -0.732. The third-order valence-corrected chi connectivity index (χ3v) is 4.37. The van der Waals surface area contributed by atoms with Gasteiger partial charge >= 0.3 is 0 Å². The number of carbonyl (C=O) groups excluding carboxylic acids is 2. The summed E-state index contributed by atoms with van der Waals surface area (Å²) in [4.78, 5) is 28.4. The first kappa shape index (κ1) is 21.2. The molecule has 1 aromatic heterocycles. The molecule has 0 unspecified atom stereocenters. The maximum atomic E-state index is 12.7. The first-order chi connectivity index (χ1) is 13.1. The van der Waals surface area contributed by atoms with Crippen LogP contribution in [0.15, 0.2) is 48.3 Å². The molecular weight excluding hydrogens is 380 g/mol. The molecule has 148 valence electrons. The van der Waals surface area contributed by atoms with E-state index in [0.29, 0.717) is 16.5 Å². The van der Waals surface area contributed by atoms with Crippen molar-refractivity contribution in [1.29, 1.82) is 0 Å². The molecule has 28 heavy (non-hydrogen) atoms. The van der Waals surface area contributed by atoms with Crippen molar-refractivity contribution in [2.75, 3.05) is 0 Å². The molecule has 5 N–H and O–H groups in total. The van der Waals surface area contributed by atoms with Crippen LogP contribution >= 0.6 is 11.6 Å². The van der Waals surface area contributed by atoms with Crippen LogP contribution in [0, 0.1) is 0 Å². The number of hydrogen-bond acceptors (Lipinski definition) is 5. The molecule has 1 heterocycles. The SMILES string of the molecule is C/C(N)=C(\C(=O)NC(C)(C)C(N)=O)c1cc(OCc2ccccc2Cl)ccn1. The summed E-state index contributed by atoms with van der Waals surface area (Å²) in [6.45, 7) is 4.84. The lowest BCUT2D eigenvalue weighted by molar-refractivity contribution is -0.127. The summed E-state index contributed by atoms with van der Waals surface area (Å²) in [5, 5.41) is 3.17. The molecule has 0 bridgehead atoms. The summed E-state index contributed by atoms with van der Waals surface area (Å²) in [5.41, 5.74) is 11.5. The molecule has 0 saturated heterocycles. The number of halogens is 1. The Morgan fingerprint density at radius 1 is 1.21 bits per heavy atom. The Balaban J connectivity index is 2.24. The van der Waals surface area contributed by atoms with Gasteiger partial charge in [0.05, 0.1) is 11.3 Å². The predicted octanol–water partition coefficient (Wildman–Crippen LogP) is 2.38. The second-order valence-corrected chi connectivity index (χ2v) is 7.17. The van der Waals surface area contributed by atoms with E-state index < -0.39 is 17.4 Å². The second-order valence-electron chi connectivity index (χ2n) is 6.76. The van der Waals surface area contributed by atoms with Gasteiger partial charge in [0, 0.05) is 28.5 Å². The Kier molecular flexibility index (Phi) is 6.64. The quantitative estimate of drug-likeness (QED) is 0.614. The van der Waals surface area contributed by atoms with Crippen molar-refractivity contribution >= 4 is 29.0 Å². The third-order valence-electron chi connectivity index (χ3n) is 4.00. The average molecular weight is 403 g/mol. The summed E-state index contributed by atoms with van der Waals surface area (Å²) in [6.07, 6.45) is 1.51. The van der Waals surface area contributed by atoms with Gasteiger partial charge in [-0.05, 0) is 32.9 Å². The molecule has 8 heteroatoms.